The van der Waals surface area contributed by atoms with Crippen molar-refractivity contribution in [2.75, 3.05) is 0 Å². The summed E-state index contributed by atoms with van der Waals surface area (Å²) in [6.45, 7) is 6.27. The van der Waals surface area contributed by atoms with Gasteiger partial charge in [-0.25, -0.2) is 9.48 Å². The topological polar surface area (TPSA) is 72.2 Å². The molecule has 0 fully saturated rings. The van der Waals surface area contributed by atoms with Crippen LogP contribution in [0.1, 0.15) is 25.1 Å². The number of hydrogen-bond acceptors (Lipinski definition) is 3. The van der Waals surface area contributed by atoms with Gasteiger partial charge in [-0.15, -0.1) is 0 Å². The molecule has 1 N–H and O–H groups in total. The molecule has 0 radical (unpaired) electrons. The van der Waals surface area contributed by atoms with Crippen LogP contribution in [-0.2, 0) is 11.3 Å². The third-order valence-corrected chi connectivity index (χ3v) is 2.07. The van der Waals surface area contributed by atoms with E-state index in [1.807, 2.05) is 13.8 Å². The fraction of sp³-hybridized carbons (Fsp3) is 0.417. The molecule has 0 aliphatic heterocycles. The molecule has 1 rings (SSSR count). The third kappa shape index (κ3) is 3.86. The standard InChI is InChI=1S/C12H16N2O3/c1-8(2)7-14-12(17)10(4-5-11(15)16)6-9(3)13-14/h4-6,8H,7H2,1-3H3,(H,15,16)/b5-4+. The maximum absolute atomic E-state index is 11.9. The van der Waals surface area contributed by atoms with E-state index >= 15 is 0 Å². The summed E-state index contributed by atoms with van der Waals surface area (Å²) in [5, 5.41) is 12.7. The van der Waals surface area contributed by atoms with Crippen molar-refractivity contribution in [2.24, 2.45) is 5.92 Å². The molecule has 0 amide bonds. The van der Waals surface area contributed by atoms with E-state index in [9.17, 15) is 9.59 Å². The predicted octanol–water partition coefficient (Wildman–Crippen LogP) is 1.31. The van der Waals surface area contributed by atoms with Crippen molar-refractivity contribution < 1.29 is 9.90 Å². The molecule has 1 aromatic heterocycles. The van der Waals surface area contributed by atoms with E-state index in [1.165, 1.54) is 10.8 Å². The fourth-order valence-corrected chi connectivity index (χ4v) is 1.45. The molecule has 1 aromatic rings. The highest BCUT2D eigenvalue weighted by atomic mass is 16.4. The van der Waals surface area contributed by atoms with E-state index in [0.29, 0.717) is 23.7 Å². The second kappa shape index (κ2) is 5.43. The highest BCUT2D eigenvalue weighted by Crippen LogP contribution is 2.01. The molecule has 0 aliphatic carbocycles. The Kier molecular flexibility index (Phi) is 4.20. The Balaban J connectivity index is 3.19. The fourth-order valence-electron chi connectivity index (χ4n) is 1.45. The summed E-state index contributed by atoms with van der Waals surface area (Å²) in [5.74, 6) is -0.771. The van der Waals surface area contributed by atoms with Gasteiger partial charge >= 0.3 is 5.97 Å². The maximum Gasteiger partial charge on any atom is 0.328 e. The first-order valence-corrected chi connectivity index (χ1v) is 5.40. The summed E-state index contributed by atoms with van der Waals surface area (Å²) in [6.07, 6.45) is 2.26. The van der Waals surface area contributed by atoms with Gasteiger partial charge in [-0.3, -0.25) is 4.79 Å². The summed E-state index contributed by atoms with van der Waals surface area (Å²) in [7, 11) is 0. The smallest absolute Gasteiger partial charge is 0.328 e. The van der Waals surface area contributed by atoms with E-state index in [-0.39, 0.29) is 5.56 Å². The number of aliphatic carboxylic acids is 1. The van der Waals surface area contributed by atoms with Crippen LogP contribution in [0.2, 0.25) is 0 Å². The molecule has 1 heterocycles. The van der Waals surface area contributed by atoms with E-state index in [4.69, 9.17) is 5.11 Å². The lowest BCUT2D eigenvalue weighted by Gasteiger charge is -2.09. The molecule has 0 unspecified atom stereocenters. The Bertz CT molecular complexity index is 501. The van der Waals surface area contributed by atoms with Crippen LogP contribution in [-0.4, -0.2) is 20.9 Å². The van der Waals surface area contributed by atoms with Gasteiger partial charge < -0.3 is 5.11 Å². The minimum Gasteiger partial charge on any atom is -0.478 e. The number of carboxylic acid groups (broad SMARTS) is 1. The van der Waals surface area contributed by atoms with Crippen molar-refractivity contribution >= 4 is 12.0 Å². The second-order valence-corrected chi connectivity index (χ2v) is 4.29. The quantitative estimate of drug-likeness (QED) is 0.800. The van der Waals surface area contributed by atoms with Crippen LogP contribution in [0.25, 0.3) is 6.08 Å². The second-order valence-electron chi connectivity index (χ2n) is 4.29. The summed E-state index contributed by atoms with van der Waals surface area (Å²) in [4.78, 5) is 22.3. The average molecular weight is 236 g/mol. The first-order valence-electron chi connectivity index (χ1n) is 5.40. The van der Waals surface area contributed by atoms with Gasteiger partial charge in [0.1, 0.15) is 0 Å². The van der Waals surface area contributed by atoms with Crippen LogP contribution in [0, 0.1) is 12.8 Å². The first kappa shape index (κ1) is 13.2. The normalized spacial score (nSPS) is 11.3. The van der Waals surface area contributed by atoms with Crippen molar-refractivity contribution in [1.82, 2.24) is 9.78 Å². The molecular formula is C12H16N2O3. The van der Waals surface area contributed by atoms with Gasteiger partial charge in [0.25, 0.3) is 5.56 Å². The van der Waals surface area contributed by atoms with Gasteiger partial charge in [0.15, 0.2) is 0 Å². The number of hydrogen-bond donors (Lipinski definition) is 1. The highest BCUT2D eigenvalue weighted by molar-refractivity contribution is 5.85. The highest BCUT2D eigenvalue weighted by Gasteiger charge is 2.06. The van der Waals surface area contributed by atoms with Crippen LogP contribution in [0.3, 0.4) is 0 Å². The lowest BCUT2D eigenvalue weighted by molar-refractivity contribution is -0.131. The van der Waals surface area contributed by atoms with Gasteiger partial charge in [-0.2, -0.15) is 5.10 Å². The first-order chi connectivity index (χ1) is 7.90. The Morgan fingerprint density at radius 2 is 2.24 bits per heavy atom. The Hall–Kier alpha value is -1.91. The molecule has 5 heteroatoms. The van der Waals surface area contributed by atoms with Crippen molar-refractivity contribution in [3.63, 3.8) is 0 Å². The zero-order chi connectivity index (χ0) is 13.0. The Labute approximate surface area is 99.4 Å². The number of carboxylic acids is 1. The van der Waals surface area contributed by atoms with Gasteiger partial charge in [0.05, 0.1) is 5.69 Å². The molecule has 0 aromatic carbocycles. The molecule has 17 heavy (non-hydrogen) atoms. The van der Waals surface area contributed by atoms with E-state index in [1.54, 1.807) is 13.0 Å². The molecule has 0 saturated heterocycles. The minimum atomic E-state index is -1.07. The number of carbonyl (C=O) groups is 1. The van der Waals surface area contributed by atoms with Crippen molar-refractivity contribution in [2.45, 2.75) is 27.3 Å². The Morgan fingerprint density at radius 3 is 2.76 bits per heavy atom. The number of aromatic nitrogens is 2. The van der Waals surface area contributed by atoms with Crippen LogP contribution in [0.4, 0.5) is 0 Å². The SMILES string of the molecule is Cc1cc(/C=C/C(=O)O)c(=O)n(CC(C)C)n1. The molecule has 0 bridgehead atoms. The van der Waals surface area contributed by atoms with Crippen LogP contribution >= 0.6 is 0 Å². The predicted molar refractivity (Wildman–Crippen MR) is 64.7 cm³/mol. The van der Waals surface area contributed by atoms with Crippen LogP contribution in [0.5, 0.6) is 0 Å². The summed E-state index contributed by atoms with van der Waals surface area (Å²) in [6, 6.07) is 1.58. The number of rotatable bonds is 4. The molecule has 0 spiro atoms. The Morgan fingerprint density at radius 1 is 1.59 bits per heavy atom. The van der Waals surface area contributed by atoms with Gasteiger partial charge in [-0.05, 0) is 25.0 Å². The lowest BCUT2D eigenvalue weighted by Crippen LogP contribution is -2.27. The van der Waals surface area contributed by atoms with Crippen molar-refractivity contribution in [3.8, 4) is 0 Å². The zero-order valence-corrected chi connectivity index (χ0v) is 10.2. The minimum absolute atomic E-state index is 0.262. The summed E-state index contributed by atoms with van der Waals surface area (Å²) < 4.78 is 1.38. The number of aryl methyl sites for hydroxylation is 1. The molecule has 0 saturated carbocycles. The number of nitrogens with zero attached hydrogens (tertiary/aromatic N) is 2. The summed E-state index contributed by atoms with van der Waals surface area (Å²) in [5.41, 5.74) is 0.776. The van der Waals surface area contributed by atoms with Crippen LogP contribution < -0.4 is 5.56 Å². The van der Waals surface area contributed by atoms with Gasteiger partial charge in [0, 0.05) is 18.2 Å². The maximum atomic E-state index is 11.9. The van der Waals surface area contributed by atoms with Crippen LogP contribution in [0.15, 0.2) is 16.9 Å². The zero-order valence-electron chi connectivity index (χ0n) is 10.2. The van der Waals surface area contributed by atoms with Crippen molar-refractivity contribution in [3.05, 3.63) is 33.8 Å². The lowest BCUT2D eigenvalue weighted by atomic mass is 10.2. The van der Waals surface area contributed by atoms with E-state index in [2.05, 4.69) is 5.10 Å². The van der Waals surface area contributed by atoms with E-state index in [0.717, 1.165) is 6.08 Å². The third-order valence-electron chi connectivity index (χ3n) is 2.07. The van der Waals surface area contributed by atoms with Crippen molar-refractivity contribution in [1.29, 1.82) is 0 Å². The monoisotopic (exact) mass is 236 g/mol. The summed E-state index contributed by atoms with van der Waals surface area (Å²) >= 11 is 0. The molecule has 5 nitrogen and oxygen atoms in total. The van der Waals surface area contributed by atoms with E-state index < -0.39 is 5.97 Å². The molecule has 0 aliphatic rings. The largest absolute Gasteiger partial charge is 0.478 e. The molecular weight excluding hydrogens is 220 g/mol. The van der Waals surface area contributed by atoms with Gasteiger partial charge in [0.2, 0.25) is 0 Å². The molecule has 92 valence electrons. The van der Waals surface area contributed by atoms with Gasteiger partial charge in [-0.1, -0.05) is 13.8 Å². The molecule has 0 atom stereocenters. The average Bonchev–Trinajstić information content (AvgIpc) is 2.19.